The predicted octanol–water partition coefficient (Wildman–Crippen LogP) is 3.36. The van der Waals surface area contributed by atoms with E-state index in [4.69, 9.17) is 4.74 Å². The molecule has 16 heavy (non-hydrogen) atoms. The van der Waals surface area contributed by atoms with Crippen molar-refractivity contribution in [3.05, 3.63) is 0 Å². The van der Waals surface area contributed by atoms with Crippen molar-refractivity contribution >= 4 is 0 Å². The molecule has 2 nitrogen and oxygen atoms in total. The summed E-state index contributed by atoms with van der Waals surface area (Å²) in [7, 11) is 2.06. The van der Waals surface area contributed by atoms with Gasteiger partial charge in [0, 0.05) is 12.6 Å². The minimum absolute atomic E-state index is 0.0407. The van der Waals surface area contributed by atoms with Crippen LogP contribution in [0.15, 0.2) is 0 Å². The Kier molecular flexibility index (Phi) is 5.77. The van der Waals surface area contributed by atoms with E-state index in [0.717, 1.165) is 12.5 Å². The van der Waals surface area contributed by atoms with Crippen molar-refractivity contribution in [3.8, 4) is 0 Å². The molecule has 0 saturated heterocycles. The molecule has 1 aliphatic carbocycles. The normalized spacial score (nSPS) is 21.0. The molecule has 0 heterocycles. The lowest BCUT2D eigenvalue weighted by Gasteiger charge is -2.37. The minimum Gasteiger partial charge on any atom is -0.374 e. The Bertz CT molecular complexity index is 185. The summed E-state index contributed by atoms with van der Waals surface area (Å²) >= 11 is 0. The third-order valence-corrected chi connectivity index (χ3v) is 4.00. The Balaban J connectivity index is 2.46. The van der Waals surface area contributed by atoms with Crippen LogP contribution in [0.2, 0.25) is 0 Å². The maximum Gasteiger partial charge on any atom is 0.0778 e. The van der Waals surface area contributed by atoms with Gasteiger partial charge >= 0.3 is 0 Å². The maximum absolute atomic E-state index is 5.86. The molecule has 0 amide bonds. The molecule has 1 N–H and O–H groups in total. The van der Waals surface area contributed by atoms with Crippen molar-refractivity contribution in [2.75, 3.05) is 13.7 Å². The predicted molar refractivity (Wildman–Crippen MR) is 69.7 cm³/mol. The summed E-state index contributed by atoms with van der Waals surface area (Å²) in [5.41, 5.74) is -0.0407. The molecule has 1 saturated carbocycles. The molecular weight excluding hydrogens is 198 g/mol. The first-order valence-electron chi connectivity index (χ1n) is 6.91. The first kappa shape index (κ1) is 14.0. The lowest BCUT2D eigenvalue weighted by atomic mass is 9.81. The smallest absolute Gasteiger partial charge is 0.0778 e. The van der Waals surface area contributed by atoms with E-state index < -0.39 is 0 Å². The van der Waals surface area contributed by atoms with Crippen LogP contribution in [0, 0.1) is 5.92 Å². The molecule has 0 spiro atoms. The van der Waals surface area contributed by atoms with Crippen LogP contribution in [0.5, 0.6) is 0 Å². The fourth-order valence-electron chi connectivity index (χ4n) is 2.98. The van der Waals surface area contributed by atoms with E-state index in [1.165, 1.54) is 38.5 Å². The lowest BCUT2D eigenvalue weighted by molar-refractivity contribution is -0.0429. The van der Waals surface area contributed by atoms with Crippen LogP contribution in [-0.2, 0) is 4.74 Å². The average molecular weight is 227 g/mol. The zero-order valence-electron chi connectivity index (χ0n) is 11.5. The van der Waals surface area contributed by atoms with Crippen molar-refractivity contribution in [2.45, 2.75) is 70.9 Å². The first-order chi connectivity index (χ1) is 7.60. The third-order valence-electron chi connectivity index (χ3n) is 4.00. The van der Waals surface area contributed by atoms with Gasteiger partial charge in [0.15, 0.2) is 0 Å². The fourth-order valence-corrected chi connectivity index (χ4v) is 2.98. The average Bonchev–Trinajstić information content (AvgIpc) is 2.27. The number of hydrogen-bond donors (Lipinski definition) is 1. The van der Waals surface area contributed by atoms with Crippen LogP contribution in [0.25, 0.3) is 0 Å². The molecule has 1 unspecified atom stereocenters. The summed E-state index contributed by atoms with van der Waals surface area (Å²) in [4.78, 5) is 0. The van der Waals surface area contributed by atoms with Gasteiger partial charge in [-0.1, -0.05) is 32.1 Å². The number of hydrogen-bond acceptors (Lipinski definition) is 2. The zero-order valence-corrected chi connectivity index (χ0v) is 11.5. The van der Waals surface area contributed by atoms with E-state index in [2.05, 4.69) is 33.1 Å². The molecule has 1 atom stereocenters. The van der Waals surface area contributed by atoms with Gasteiger partial charge in [-0.2, -0.15) is 0 Å². The highest BCUT2D eigenvalue weighted by molar-refractivity contribution is 4.87. The molecule has 0 aromatic rings. The Morgan fingerprint density at radius 1 is 1.25 bits per heavy atom. The second-order valence-corrected chi connectivity index (χ2v) is 5.62. The van der Waals surface area contributed by atoms with Crippen LogP contribution in [0.3, 0.4) is 0 Å². The standard InChI is InChI=1S/C14H29NO/c1-5-16-14(2,3)13(15-4)11-12-9-7-6-8-10-12/h12-13,15H,5-11H2,1-4H3. The maximum atomic E-state index is 5.86. The van der Waals surface area contributed by atoms with Gasteiger partial charge in [-0.05, 0) is 40.2 Å². The largest absolute Gasteiger partial charge is 0.374 e. The van der Waals surface area contributed by atoms with Gasteiger partial charge in [0.25, 0.3) is 0 Å². The number of nitrogens with one attached hydrogen (secondary N) is 1. The van der Waals surface area contributed by atoms with E-state index in [1.807, 2.05) is 0 Å². The highest BCUT2D eigenvalue weighted by atomic mass is 16.5. The Labute approximate surface area is 101 Å². The van der Waals surface area contributed by atoms with Crippen LogP contribution < -0.4 is 5.32 Å². The minimum atomic E-state index is -0.0407. The first-order valence-corrected chi connectivity index (χ1v) is 6.91. The Morgan fingerprint density at radius 3 is 2.38 bits per heavy atom. The van der Waals surface area contributed by atoms with Crippen molar-refractivity contribution in [1.82, 2.24) is 5.32 Å². The van der Waals surface area contributed by atoms with E-state index in [-0.39, 0.29) is 5.60 Å². The van der Waals surface area contributed by atoms with Crippen LogP contribution >= 0.6 is 0 Å². The number of likely N-dealkylation sites (N-methyl/N-ethyl adjacent to an activating group) is 1. The molecule has 1 rings (SSSR count). The number of rotatable bonds is 6. The van der Waals surface area contributed by atoms with Gasteiger partial charge in [0.2, 0.25) is 0 Å². The Morgan fingerprint density at radius 2 is 1.88 bits per heavy atom. The molecule has 1 fully saturated rings. The molecule has 0 radical (unpaired) electrons. The summed E-state index contributed by atoms with van der Waals surface area (Å²) in [5, 5.41) is 3.45. The molecule has 0 aliphatic heterocycles. The molecule has 0 bridgehead atoms. The van der Waals surface area contributed by atoms with E-state index in [0.29, 0.717) is 6.04 Å². The van der Waals surface area contributed by atoms with E-state index >= 15 is 0 Å². The quantitative estimate of drug-likeness (QED) is 0.751. The summed E-state index contributed by atoms with van der Waals surface area (Å²) < 4.78 is 5.86. The van der Waals surface area contributed by atoms with Gasteiger partial charge in [0.1, 0.15) is 0 Å². The molecule has 96 valence electrons. The zero-order chi connectivity index (χ0) is 12.0. The molecule has 1 aliphatic rings. The molecule has 2 heteroatoms. The van der Waals surface area contributed by atoms with Gasteiger partial charge < -0.3 is 10.1 Å². The van der Waals surface area contributed by atoms with Crippen molar-refractivity contribution in [2.24, 2.45) is 5.92 Å². The molecule has 0 aromatic heterocycles. The topological polar surface area (TPSA) is 21.3 Å². The van der Waals surface area contributed by atoms with Crippen LogP contribution in [-0.4, -0.2) is 25.3 Å². The second-order valence-electron chi connectivity index (χ2n) is 5.62. The van der Waals surface area contributed by atoms with Gasteiger partial charge in [-0.3, -0.25) is 0 Å². The molecule has 0 aromatic carbocycles. The van der Waals surface area contributed by atoms with E-state index in [9.17, 15) is 0 Å². The highest BCUT2D eigenvalue weighted by Gasteiger charge is 2.31. The van der Waals surface area contributed by atoms with Crippen molar-refractivity contribution in [3.63, 3.8) is 0 Å². The van der Waals surface area contributed by atoms with Crippen LogP contribution in [0.1, 0.15) is 59.3 Å². The SMILES string of the molecule is CCOC(C)(C)C(CC1CCCCC1)NC. The van der Waals surface area contributed by atoms with Crippen molar-refractivity contribution < 1.29 is 4.74 Å². The second kappa shape index (κ2) is 6.61. The fraction of sp³-hybridized carbons (Fsp3) is 1.00. The van der Waals surface area contributed by atoms with E-state index in [1.54, 1.807) is 0 Å². The van der Waals surface area contributed by atoms with Crippen LogP contribution in [0.4, 0.5) is 0 Å². The molecular formula is C14H29NO. The summed E-state index contributed by atoms with van der Waals surface area (Å²) in [6, 6.07) is 0.482. The monoisotopic (exact) mass is 227 g/mol. The van der Waals surface area contributed by atoms with Gasteiger partial charge in [-0.25, -0.2) is 0 Å². The third kappa shape index (κ3) is 4.06. The van der Waals surface area contributed by atoms with Crippen molar-refractivity contribution in [1.29, 1.82) is 0 Å². The summed E-state index contributed by atoms with van der Waals surface area (Å²) in [6.07, 6.45) is 8.40. The highest BCUT2D eigenvalue weighted by Crippen LogP contribution is 2.30. The van der Waals surface area contributed by atoms with Gasteiger partial charge in [0.05, 0.1) is 5.60 Å². The summed E-state index contributed by atoms with van der Waals surface area (Å²) in [6.45, 7) is 7.30. The lowest BCUT2D eigenvalue weighted by Crippen LogP contribution is -2.48. The van der Waals surface area contributed by atoms with Gasteiger partial charge in [-0.15, -0.1) is 0 Å². The Hall–Kier alpha value is -0.0800. The number of ether oxygens (including phenoxy) is 1. The summed E-state index contributed by atoms with van der Waals surface area (Å²) in [5.74, 6) is 0.908.